The monoisotopic (exact) mass is 1000 g/mol. The zero-order chi connectivity index (χ0) is 51.3. The van der Waals surface area contributed by atoms with Gasteiger partial charge >= 0.3 is 5.97 Å². The quantitative estimate of drug-likeness (QED) is 0.0267. The predicted molar refractivity (Wildman–Crippen MR) is 298 cm³/mol. The van der Waals surface area contributed by atoms with Crippen LogP contribution in [0.5, 0.6) is 0 Å². The van der Waals surface area contributed by atoms with Crippen LogP contribution in [0, 0.1) is 0 Å². The van der Waals surface area contributed by atoms with Gasteiger partial charge < -0.3 is 39.4 Å². The first-order valence-electron chi connectivity index (χ1n) is 30.6. The molecule has 0 aromatic rings. The highest BCUT2D eigenvalue weighted by molar-refractivity contribution is 5.69. The van der Waals surface area contributed by atoms with Crippen molar-refractivity contribution in [2.45, 2.75) is 327 Å². The van der Waals surface area contributed by atoms with Gasteiger partial charge in [-0.15, -0.1) is 0 Å². The number of allylic oxidation sites excluding steroid dienone is 6. The van der Waals surface area contributed by atoms with Gasteiger partial charge in [-0.05, 0) is 51.4 Å². The van der Waals surface area contributed by atoms with E-state index in [0.717, 1.165) is 44.9 Å². The van der Waals surface area contributed by atoms with E-state index in [1.807, 2.05) is 0 Å². The molecular weight excluding hydrogens is 889 g/mol. The predicted octanol–water partition coefficient (Wildman–Crippen LogP) is 16.2. The van der Waals surface area contributed by atoms with E-state index in [1.54, 1.807) is 0 Å². The Balaban J connectivity index is 2.13. The third-order valence-electron chi connectivity index (χ3n) is 14.3. The molecular formula is C62H116O9. The highest BCUT2D eigenvalue weighted by atomic mass is 16.7. The average Bonchev–Trinajstić information content (AvgIpc) is 3.37. The van der Waals surface area contributed by atoms with Gasteiger partial charge in [0.2, 0.25) is 0 Å². The van der Waals surface area contributed by atoms with Crippen LogP contribution in [-0.2, 0) is 23.7 Å². The summed E-state index contributed by atoms with van der Waals surface area (Å²) in [4.78, 5) is 12.9. The van der Waals surface area contributed by atoms with Crippen LogP contribution in [0.15, 0.2) is 36.5 Å². The fourth-order valence-electron chi connectivity index (χ4n) is 9.56. The SMILES string of the molecule is CCCCCCC/C=C\C/C=C\C/C=C\CCCCCCCCCCCCCOCC(COC1OC(CO)C(O)C(O)C1O)OC(=O)CCCCCCCCCCCCCCCCCCCCCCCC. The number of carbonyl (C=O) groups excluding carboxylic acids is 1. The van der Waals surface area contributed by atoms with Gasteiger partial charge in [-0.1, -0.05) is 269 Å². The fraction of sp³-hybridized carbons (Fsp3) is 0.887. The number of rotatable bonds is 54. The molecule has 0 amide bonds. The van der Waals surface area contributed by atoms with Gasteiger partial charge in [-0.25, -0.2) is 0 Å². The van der Waals surface area contributed by atoms with Gasteiger partial charge in [-0.3, -0.25) is 4.79 Å². The molecule has 418 valence electrons. The molecule has 0 radical (unpaired) electrons. The second kappa shape index (κ2) is 53.2. The van der Waals surface area contributed by atoms with Gasteiger partial charge in [0.1, 0.15) is 30.5 Å². The Morgan fingerprint density at radius 1 is 0.451 bits per heavy atom. The molecule has 1 heterocycles. The molecule has 9 heteroatoms. The van der Waals surface area contributed by atoms with Crippen molar-refractivity contribution in [2.24, 2.45) is 0 Å². The normalized spacial score (nSPS) is 19.0. The van der Waals surface area contributed by atoms with Gasteiger partial charge in [0.15, 0.2) is 6.29 Å². The molecule has 1 fully saturated rings. The van der Waals surface area contributed by atoms with Crippen LogP contribution in [-0.4, -0.2) is 89.6 Å². The zero-order valence-corrected chi connectivity index (χ0v) is 46.5. The Labute approximate surface area is 438 Å². The van der Waals surface area contributed by atoms with E-state index < -0.39 is 43.4 Å². The molecule has 1 rings (SSSR count). The second-order valence-corrected chi connectivity index (χ2v) is 21.2. The van der Waals surface area contributed by atoms with Crippen LogP contribution < -0.4 is 0 Å². The summed E-state index contributed by atoms with van der Waals surface area (Å²) in [7, 11) is 0. The Morgan fingerprint density at radius 2 is 0.817 bits per heavy atom. The highest BCUT2D eigenvalue weighted by Crippen LogP contribution is 2.23. The van der Waals surface area contributed by atoms with Crippen molar-refractivity contribution in [1.82, 2.24) is 0 Å². The van der Waals surface area contributed by atoms with Crippen LogP contribution in [0.4, 0.5) is 0 Å². The molecule has 0 saturated carbocycles. The number of ether oxygens (including phenoxy) is 4. The minimum absolute atomic E-state index is 0.111. The Kier molecular flexibility index (Phi) is 50.6. The van der Waals surface area contributed by atoms with Crippen molar-refractivity contribution < 1.29 is 44.2 Å². The Morgan fingerprint density at radius 3 is 1.23 bits per heavy atom. The molecule has 1 saturated heterocycles. The standard InChI is InChI=1S/C62H116O9/c1-3-5-7-9-11-13-15-17-19-21-23-25-27-28-29-30-32-34-36-38-40-42-44-46-48-50-52-68-54-56(55-69-62-61(67)60(66)59(65)57(53-63)71-62)70-58(64)51-49-47-45-43-41-39-37-35-33-31-26-24-22-20-18-16-14-12-10-8-6-4-2/h15,17,21,23,27-28,56-57,59-63,65-67H,3-14,16,18-20,22,24-26,29-55H2,1-2H3/b17-15-,23-21-,28-27-. The Hall–Kier alpha value is -1.59. The lowest BCUT2D eigenvalue weighted by molar-refractivity contribution is -0.305. The van der Waals surface area contributed by atoms with Crippen molar-refractivity contribution in [2.75, 3.05) is 26.4 Å². The molecule has 0 aromatic carbocycles. The summed E-state index contributed by atoms with van der Waals surface area (Å²) in [6, 6.07) is 0. The molecule has 6 atom stereocenters. The van der Waals surface area contributed by atoms with E-state index in [0.29, 0.717) is 13.0 Å². The lowest BCUT2D eigenvalue weighted by Gasteiger charge is -2.39. The molecule has 1 aliphatic heterocycles. The average molecular weight is 1010 g/mol. The number of esters is 1. The summed E-state index contributed by atoms with van der Waals surface area (Å²) in [5.74, 6) is -0.308. The summed E-state index contributed by atoms with van der Waals surface area (Å²) in [6.45, 7) is 4.60. The number of aliphatic hydroxyl groups is 4. The van der Waals surface area contributed by atoms with Crippen molar-refractivity contribution in [3.63, 3.8) is 0 Å². The number of unbranched alkanes of at least 4 members (excludes halogenated alkanes) is 37. The summed E-state index contributed by atoms with van der Waals surface area (Å²) in [5.41, 5.74) is 0. The maximum absolute atomic E-state index is 12.9. The molecule has 0 aromatic heterocycles. The van der Waals surface area contributed by atoms with Crippen LogP contribution in [0.1, 0.15) is 290 Å². The van der Waals surface area contributed by atoms with Crippen molar-refractivity contribution >= 4 is 5.97 Å². The smallest absolute Gasteiger partial charge is 0.306 e. The molecule has 4 N–H and O–H groups in total. The fourth-order valence-corrected chi connectivity index (χ4v) is 9.56. The maximum Gasteiger partial charge on any atom is 0.306 e. The van der Waals surface area contributed by atoms with Gasteiger partial charge in [0.05, 0.1) is 19.8 Å². The molecule has 0 spiro atoms. The summed E-state index contributed by atoms with van der Waals surface area (Å²) in [6.07, 6.45) is 60.6. The molecule has 6 unspecified atom stereocenters. The van der Waals surface area contributed by atoms with Crippen molar-refractivity contribution in [1.29, 1.82) is 0 Å². The molecule has 71 heavy (non-hydrogen) atoms. The second-order valence-electron chi connectivity index (χ2n) is 21.2. The lowest BCUT2D eigenvalue weighted by Crippen LogP contribution is -2.59. The summed E-state index contributed by atoms with van der Waals surface area (Å²) in [5, 5.41) is 40.4. The van der Waals surface area contributed by atoms with Crippen LogP contribution in [0.25, 0.3) is 0 Å². The minimum Gasteiger partial charge on any atom is -0.457 e. The largest absolute Gasteiger partial charge is 0.457 e. The number of hydrogen-bond donors (Lipinski definition) is 4. The van der Waals surface area contributed by atoms with Gasteiger partial charge in [0.25, 0.3) is 0 Å². The third kappa shape index (κ3) is 43.4. The first kappa shape index (κ1) is 67.4. The van der Waals surface area contributed by atoms with E-state index in [4.69, 9.17) is 18.9 Å². The first-order chi connectivity index (χ1) is 34.9. The van der Waals surface area contributed by atoms with Crippen molar-refractivity contribution in [3.05, 3.63) is 36.5 Å². The van der Waals surface area contributed by atoms with Gasteiger partial charge in [-0.2, -0.15) is 0 Å². The maximum atomic E-state index is 12.9. The number of hydrogen-bond acceptors (Lipinski definition) is 9. The number of carbonyl (C=O) groups is 1. The lowest BCUT2D eigenvalue weighted by atomic mass is 9.99. The number of aliphatic hydroxyl groups excluding tert-OH is 4. The summed E-state index contributed by atoms with van der Waals surface area (Å²) < 4.78 is 23.0. The van der Waals surface area contributed by atoms with Crippen LogP contribution in [0.3, 0.4) is 0 Å². The Bertz CT molecular complexity index is 1190. The van der Waals surface area contributed by atoms with Crippen molar-refractivity contribution in [3.8, 4) is 0 Å². The van der Waals surface area contributed by atoms with E-state index in [1.165, 1.54) is 225 Å². The van der Waals surface area contributed by atoms with Crippen LogP contribution >= 0.6 is 0 Å². The molecule has 0 bridgehead atoms. The van der Waals surface area contributed by atoms with E-state index in [-0.39, 0.29) is 19.2 Å². The molecule has 1 aliphatic rings. The van der Waals surface area contributed by atoms with E-state index in [2.05, 4.69) is 50.3 Å². The minimum atomic E-state index is -1.54. The molecule has 9 nitrogen and oxygen atoms in total. The summed E-state index contributed by atoms with van der Waals surface area (Å²) >= 11 is 0. The highest BCUT2D eigenvalue weighted by Gasteiger charge is 2.44. The van der Waals surface area contributed by atoms with Gasteiger partial charge in [0, 0.05) is 13.0 Å². The topological polar surface area (TPSA) is 135 Å². The molecule has 0 aliphatic carbocycles. The van der Waals surface area contributed by atoms with E-state index in [9.17, 15) is 25.2 Å². The third-order valence-corrected chi connectivity index (χ3v) is 14.3. The van der Waals surface area contributed by atoms with Crippen LogP contribution in [0.2, 0.25) is 0 Å². The zero-order valence-electron chi connectivity index (χ0n) is 46.5. The first-order valence-corrected chi connectivity index (χ1v) is 30.6. The van der Waals surface area contributed by atoms with E-state index >= 15 is 0 Å².